The van der Waals surface area contributed by atoms with Gasteiger partial charge < -0.3 is 29.7 Å². The minimum absolute atomic E-state index is 0.0987. The molecular weight excluding hydrogens is 796 g/mol. The van der Waals surface area contributed by atoms with Crippen LogP contribution in [0.4, 0.5) is 0 Å². The smallest absolute Gasteiger partial charge is 0.462 e. The number of aliphatic hydroxyl groups is 3. The number of carbonyl (C=O) groups excluding carboxylic acids is 2. The summed E-state index contributed by atoms with van der Waals surface area (Å²) in [6, 6.07) is 0. The molecule has 3 unspecified atom stereocenters. The molecule has 0 saturated carbocycles. The predicted molar refractivity (Wildman–Crippen MR) is 248 cm³/mol. The lowest BCUT2D eigenvalue weighted by Gasteiger charge is -2.20. The molecule has 0 rings (SSSR count). The number of hydrogen-bond donors (Lipinski definition) is 4. The second-order valence-electron chi connectivity index (χ2n) is 15.8. The first kappa shape index (κ1) is 58.4. The molecule has 0 aliphatic carbocycles. The second-order valence-corrected chi connectivity index (χ2v) is 17.3. The van der Waals surface area contributed by atoms with Gasteiger partial charge in [-0.05, 0) is 50.9 Å². The number of phosphoric ester groups is 1. The maximum atomic E-state index is 12.6. The number of aliphatic hydroxyl groups excluding tert-OH is 3. The Morgan fingerprint density at radius 1 is 0.623 bits per heavy atom. The zero-order valence-corrected chi connectivity index (χ0v) is 39.0. The normalized spacial score (nSPS) is 15.5. The molecule has 5 atom stereocenters. The van der Waals surface area contributed by atoms with Gasteiger partial charge in [-0.25, -0.2) is 4.57 Å². The molecule has 0 aliphatic rings. The van der Waals surface area contributed by atoms with Crippen LogP contribution in [0.25, 0.3) is 0 Å². The zero-order valence-electron chi connectivity index (χ0n) is 38.1. The van der Waals surface area contributed by atoms with Crippen molar-refractivity contribution in [2.75, 3.05) is 26.4 Å². The van der Waals surface area contributed by atoms with Crippen molar-refractivity contribution in [1.82, 2.24) is 0 Å². The van der Waals surface area contributed by atoms with Crippen LogP contribution in [0.2, 0.25) is 0 Å². The van der Waals surface area contributed by atoms with Gasteiger partial charge in [0.15, 0.2) is 6.10 Å². The fraction of sp³-hybridized carbons (Fsp3) is 0.714. The molecule has 0 bridgehead atoms. The van der Waals surface area contributed by atoms with Gasteiger partial charge in [0, 0.05) is 12.8 Å². The zero-order chi connectivity index (χ0) is 45.1. The van der Waals surface area contributed by atoms with E-state index < -0.39 is 57.9 Å². The van der Waals surface area contributed by atoms with Gasteiger partial charge in [-0.1, -0.05) is 190 Å². The monoisotopic (exact) mass is 881 g/mol. The van der Waals surface area contributed by atoms with E-state index in [1.165, 1.54) is 77.0 Å². The first-order valence-electron chi connectivity index (χ1n) is 23.4. The molecular formula is C49H85O11P. The SMILES string of the molecule is CC/C=C\CC(O)/C=C/C=C/C/C=C\C/C=C\C/C=C\CCC(=O)OC[C@H](COP(=O)(O)OC[C@@H](O)CO)OC(=O)CCCCCCCCCCCCCCCCC(C)CC. The highest BCUT2D eigenvalue weighted by atomic mass is 31.2. The van der Waals surface area contributed by atoms with Crippen molar-refractivity contribution in [2.24, 2.45) is 5.92 Å². The highest BCUT2D eigenvalue weighted by Gasteiger charge is 2.27. The number of ether oxygens (including phenoxy) is 2. The van der Waals surface area contributed by atoms with Crippen LogP contribution < -0.4 is 0 Å². The van der Waals surface area contributed by atoms with Gasteiger partial charge in [-0.3, -0.25) is 18.6 Å². The molecule has 11 nitrogen and oxygen atoms in total. The third-order valence-corrected chi connectivity index (χ3v) is 11.0. The van der Waals surface area contributed by atoms with Crippen LogP contribution in [-0.2, 0) is 32.7 Å². The Hall–Kier alpha value is -2.63. The van der Waals surface area contributed by atoms with Crippen molar-refractivity contribution < 1.29 is 52.9 Å². The molecule has 0 aromatic carbocycles. The largest absolute Gasteiger partial charge is 0.472 e. The second kappa shape index (κ2) is 42.7. The molecule has 0 amide bonds. The average molecular weight is 881 g/mol. The number of esters is 2. The van der Waals surface area contributed by atoms with Crippen LogP contribution in [0.1, 0.15) is 175 Å². The van der Waals surface area contributed by atoms with Gasteiger partial charge in [0.1, 0.15) is 12.7 Å². The van der Waals surface area contributed by atoms with E-state index in [4.69, 9.17) is 19.1 Å². The number of hydrogen-bond acceptors (Lipinski definition) is 10. The summed E-state index contributed by atoms with van der Waals surface area (Å²) in [7, 11) is -4.65. The van der Waals surface area contributed by atoms with E-state index in [0.717, 1.165) is 50.9 Å². The predicted octanol–water partition coefficient (Wildman–Crippen LogP) is 11.7. The molecule has 0 aromatic rings. The van der Waals surface area contributed by atoms with Crippen molar-refractivity contribution in [3.05, 3.63) is 72.9 Å². The number of phosphoric acid groups is 1. The summed E-state index contributed by atoms with van der Waals surface area (Å²) >= 11 is 0. The van der Waals surface area contributed by atoms with Crippen LogP contribution in [0.5, 0.6) is 0 Å². The Bertz CT molecular complexity index is 1270. The van der Waals surface area contributed by atoms with Crippen molar-refractivity contribution in [3.63, 3.8) is 0 Å². The quantitative estimate of drug-likeness (QED) is 0.0151. The highest BCUT2D eigenvalue weighted by Crippen LogP contribution is 2.43. The van der Waals surface area contributed by atoms with Gasteiger partial charge in [0.05, 0.1) is 25.9 Å². The Morgan fingerprint density at radius 3 is 1.74 bits per heavy atom. The fourth-order valence-corrected chi connectivity index (χ4v) is 6.81. The summed E-state index contributed by atoms with van der Waals surface area (Å²) in [5.74, 6) is -0.180. The fourth-order valence-electron chi connectivity index (χ4n) is 6.02. The van der Waals surface area contributed by atoms with Crippen LogP contribution in [0, 0.1) is 5.92 Å². The molecule has 4 N–H and O–H groups in total. The van der Waals surface area contributed by atoms with Crippen molar-refractivity contribution in [1.29, 1.82) is 0 Å². The molecule has 12 heteroatoms. The third-order valence-electron chi connectivity index (χ3n) is 10.0. The lowest BCUT2D eigenvalue weighted by Crippen LogP contribution is -2.29. The number of allylic oxidation sites excluding steroid dienone is 10. The standard InChI is InChI=1S/C49H85O11P/c1-4-6-30-36-45(51)37-32-27-23-19-15-11-9-13-16-20-24-28-33-38-48(53)57-42-47(43-59-61(55,56)58-41-46(52)40-50)60-49(54)39-34-29-25-21-17-12-8-7-10-14-18-22-26-31-35-44(3)5-2/h6,11,13,15-16,23-24,27-28,30,32,37,44-47,50-52H,4-5,7-10,12,14,17-22,25-26,29,31,33-36,38-43H2,1-3H3,(H,55,56)/b15-11-,16-13-,27-23+,28-24-,30-6-,37-32+/t44?,45?,46-,47+/m0/s1. The van der Waals surface area contributed by atoms with Crippen LogP contribution in [0.3, 0.4) is 0 Å². The van der Waals surface area contributed by atoms with Crippen molar-refractivity contribution in [2.45, 2.75) is 193 Å². The van der Waals surface area contributed by atoms with E-state index in [1.807, 2.05) is 48.6 Å². The van der Waals surface area contributed by atoms with E-state index in [9.17, 15) is 29.3 Å². The van der Waals surface area contributed by atoms with E-state index >= 15 is 0 Å². The molecule has 0 fully saturated rings. The summed E-state index contributed by atoms with van der Waals surface area (Å²) in [5, 5.41) is 28.2. The molecule has 0 aliphatic heterocycles. The summed E-state index contributed by atoms with van der Waals surface area (Å²) in [4.78, 5) is 35.0. The van der Waals surface area contributed by atoms with Gasteiger partial charge in [-0.2, -0.15) is 0 Å². The first-order valence-corrected chi connectivity index (χ1v) is 24.9. The van der Waals surface area contributed by atoms with E-state index in [0.29, 0.717) is 19.3 Å². The maximum Gasteiger partial charge on any atom is 0.472 e. The molecule has 0 aromatic heterocycles. The Balaban J connectivity index is 4.40. The number of unbranched alkanes of at least 4 members (excludes halogenated alkanes) is 13. The van der Waals surface area contributed by atoms with Gasteiger partial charge in [-0.15, -0.1) is 0 Å². The van der Waals surface area contributed by atoms with Gasteiger partial charge >= 0.3 is 19.8 Å². The minimum Gasteiger partial charge on any atom is -0.462 e. The Morgan fingerprint density at radius 2 is 1.16 bits per heavy atom. The van der Waals surface area contributed by atoms with Gasteiger partial charge in [0.2, 0.25) is 0 Å². The van der Waals surface area contributed by atoms with Crippen LogP contribution in [0.15, 0.2) is 72.9 Å². The summed E-state index contributed by atoms with van der Waals surface area (Å²) < 4.78 is 32.7. The Labute approximate surface area is 370 Å². The topological polar surface area (TPSA) is 169 Å². The van der Waals surface area contributed by atoms with E-state index in [1.54, 1.807) is 6.08 Å². The lowest BCUT2D eigenvalue weighted by atomic mass is 9.99. The summed E-state index contributed by atoms with van der Waals surface area (Å²) in [6.45, 7) is 4.45. The summed E-state index contributed by atoms with van der Waals surface area (Å²) in [5.41, 5.74) is 0. The molecule has 0 spiro atoms. The first-order chi connectivity index (χ1) is 29.5. The molecule has 0 heterocycles. The summed E-state index contributed by atoms with van der Waals surface area (Å²) in [6.07, 6.45) is 44.9. The van der Waals surface area contributed by atoms with Crippen LogP contribution in [-0.4, -0.2) is 76.9 Å². The lowest BCUT2D eigenvalue weighted by molar-refractivity contribution is -0.161. The third kappa shape index (κ3) is 42.4. The van der Waals surface area contributed by atoms with Gasteiger partial charge in [0.25, 0.3) is 0 Å². The van der Waals surface area contributed by atoms with Crippen LogP contribution >= 0.6 is 7.82 Å². The number of rotatable bonds is 42. The maximum absolute atomic E-state index is 12.6. The van der Waals surface area contributed by atoms with Crippen molar-refractivity contribution >= 4 is 19.8 Å². The van der Waals surface area contributed by atoms with Crippen molar-refractivity contribution in [3.8, 4) is 0 Å². The van der Waals surface area contributed by atoms with E-state index in [2.05, 4.69) is 43.5 Å². The highest BCUT2D eigenvalue weighted by molar-refractivity contribution is 7.47. The Kier molecular flexibility index (Phi) is 40.8. The molecule has 352 valence electrons. The van der Waals surface area contributed by atoms with E-state index in [-0.39, 0.29) is 19.4 Å². The molecule has 61 heavy (non-hydrogen) atoms. The average Bonchev–Trinajstić information content (AvgIpc) is 3.24. The molecule has 0 saturated heterocycles. The molecule has 0 radical (unpaired) electrons. The number of carbonyl (C=O) groups is 2. The minimum atomic E-state index is -4.65.